The molecular weight excluding hydrogens is 741 g/mol. The maximum absolute atomic E-state index is 5.27. The van der Waals surface area contributed by atoms with Crippen molar-refractivity contribution in [3.8, 4) is 62.1 Å². The number of aromatic nitrogens is 4. The van der Waals surface area contributed by atoms with Gasteiger partial charge in [-0.1, -0.05) is 194 Å². The summed E-state index contributed by atoms with van der Waals surface area (Å²) in [5, 5.41) is 9.48. The second-order valence-corrected chi connectivity index (χ2v) is 15.6. The molecule has 0 fully saturated rings. The van der Waals surface area contributed by atoms with Crippen molar-refractivity contribution in [1.82, 2.24) is 19.5 Å². The molecule has 4 nitrogen and oxygen atoms in total. The van der Waals surface area contributed by atoms with Crippen molar-refractivity contribution in [3.05, 3.63) is 218 Å². The zero-order chi connectivity index (χ0) is 40.3. The highest BCUT2D eigenvalue weighted by Gasteiger charge is 2.22. The molecule has 61 heavy (non-hydrogen) atoms. The number of benzene rings is 10. The molecule has 0 amide bonds. The van der Waals surface area contributed by atoms with Gasteiger partial charge in [-0.05, 0) is 73.5 Å². The van der Waals surface area contributed by atoms with E-state index in [-0.39, 0.29) is 0 Å². The first kappa shape index (κ1) is 34.8. The Morgan fingerprint density at radius 2 is 0.623 bits per heavy atom. The third-order valence-corrected chi connectivity index (χ3v) is 12.0. The lowest BCUT2D eigenvalue weighted by atomic mass is 9.91. The molecule has 0 N–H and O–H groups in total. The second kappa shape index (κ2) is 14.3. The van der Waals surface area contributed by atoms with Gasteiger partial charge in [0.05, 0.1) is 16.7 Å². The Morgan fingerprint density at radius 1 is 0.246 bits per heavy atom. The van der Waals surface area contributed by atoms with Crippen molar-refractivity contribution in [1.29, 1.82) is 0 Å². The summed E-state index contributed by atoms with van der Waals surface area (Å²) in [4.78, 5) is 15.6. The first-order chi connectivity index (χ1) is 30.2. The third-order valence-electron chi connectivity index (χ3n) is 12.0. The average Bonchev–Trinajstić information content (AvgIpc) is 3.67. The van der Waals surface area contributed by atoms with Crippen LogP contribution in [0.5, 0.6) is 0 Å². The summed E-state index contributed by atoms with van der Waals surface area (Å²) in [7, 11) is 0. The summed E-state index contributed by atoms with van der Waals surface area (Å²) < 4.78 is 2.49. The molecular formula is C57H36N4. The molecule has 0 atom stereocenters. The van der Waals surface area contributed by atoms with Gasteiger partial charge >= 0.3 is 0 Å². The zero-order valence-electron chi connectivity index (χ0n) is 33.1. The number of hydrogen-bond acceptors (Lipinski definition) is 3. The highest BCUT2D eigenvalue weighted by Crippen LogP contribution is 2.44. The van der Waals surface area contributed by atoms with E-state index < -0.39 is 0 Å². The molecule has 0 bridgehead atoms. The monoisotopic (exact) mass is 776 g/mol. The van der Waals surface area contributed by atoms with Crippen LogP contribution in [0.25, 0.3) is 116 Å². The number of rotatable bonds is 6. The molecule has 0 saturated heterocycles. The molecule has 12 aromatic rings. The molecule has 0 radical (unpaired) electrons. The van der Waals surface area contributed by atoms with Crippen molar-refractivity contribution in [2.45, 2.75) is 0 Å². The Hall–Kier alpha value is -8.21. The van der Waals surface area contributed by atoms with E-state index in [1.54, 1.807) is 0 Å². The van der Waals surface area contributed by atoms with Crippen LogP contribution in [0.15, 0.2) is 218 Å². The maximum Gasteiger partial charge on any atom is 0.164 e. The van der Waals surface area contributed by atoms with Gasteiger partial charge in [-0.15, -0.1) is 0 Å². The van der Waals surface area contributed by atoms with Gasteiger partial charge < -0.3 is 4.57 Å². The predicted molar refractivity (Wildman–Crippen MR) is 254 cm³/mol. The Kier molecular flexibility index (Phi) is 8.13. The fourth-order valence-electron chi connectivity index (χ4n) is 9.15. The highest BCUT2D eigenvalue weighted by atomic mass is 15.0. The molecule has 0 spiro atoms. The minimum Gasteiger partial charge on any atom is -0.309 e. The van der Waals surface area contributed by atoms with Crippen LogP contribution in [0.2, 0.25) is 0 Å². The second-order valence-electron chi connectivity index (χ2n) is 15.6. The van der Waals surface area contributed by atoms with E-state index in [0.717, 1.165) is 49.9 Å². The molecule has 2 heterocycles. The van der Waals surface area contributed by atoms with Crippen LogP contribution in [0.4, 0.5) is 0 Å². The SMILES string of the molecule is c1ccc(-c2ccc3c4ccc(-c5ccccc5)cc4n(-c4cc(-c5nc(-c6ccccc6)nc(-c6ccccc6)n5)cc5c6ccccc6c6ccccc6c45)c3c2)cc1. The van der Waals surface area contributed by atoms with Gasteiger partial charge in [0.1, 0.15) is 0 Å². The van der Waals surface area contributed by atoms with E-state index in [1.165, 1.54) is 48.8 Å². The minimum absolute atomic E-state index is 0.615. The Balaban J connectivity index is 1.25. The summed E-state index contributed by atoms with van der Waals surface area (Å²) in [6.45, 7) is 0. The van der Waals surface area contributed by atoms with Crippen LogP contribution in [0, 0.1) is 0 Å². The van der Waals surface area contributed by atoms with Crippen molar-refractivity contribution < 1.29 is 0 Å². The van der Waals surface area contributed by atoms with Crippen LogP contribution in [-0.4, -0.2) is 19.5 Å². The summed E-state index contributed by atoms with van der Waals surface area (Å²) in [6, 6.07) is 77.8. The van der Waals surface area contributed by atoms with Gasteiger partial charge in [-0.3, -0.25) is 0 Å². The van der Waals surface area contributed by atoms with Gasteiger partial charge in [0.2, 0.25) is 0 Å². The Morgan fingerprint density at radius 3 is 1.10 bits per heavy atom. The molecule has 0 aliphatic heterocycles. The van der Waals surface area contributed by atoms with E-state index in [9.17, 15) is 0 Å². The van der Waals surface area contributed by atoms with Crippen molar-refractivity contribution in [2.75, 3.05) is 0 Å². The lowest BCUT2D eigenvalue weighted by Gasteiger charge is -2.19. The van der Waals surface area contributed by atoms with Gasteiger partial charge in [-0.25, -0.2) is 15.0 Å². The van der Waals surface area contributed by atoms with Crippen LogP contribution in [-0.2, 0) is 0 Å². The molecule has 0 aliphatic carbocycles. The lowest BCUT2D eigenvalue weighted by Crippen LogP contribution is -2.02. The molecule has 284 valence electrons. The van der Waals surface area contributed by atoms with E-state index in [4.69, 9.17) is 15.0 Å². The summed E-state index contributed by atoms with van der Waals surface area (Å²) in [6.07, 6.45) is 0. The van der Waals surface area contributed by atoms with Gasteiger partial charge in [0.15, 0.2) is 17.5 Å². The third kappa shape index (κ3) is 5.88. The van der Waals surface area contributed by atoms with Crippen molar-refractivity contribution >= 4 is 54.1 Å². The average molecular weight is 777 g/mol. The van der Waals surface area contributed by atoms with Crippen LogP contribution < -0.4 is 0 Å². The molecule has 2 aromatic heterocycles. The van der Waals surface area contributed by atoms with Gasteiger partial charge in [0, 0.05) is 32.8 Å². The van der Waals surface area contributed by atoms with Crippen LogP contribution >= 0.6 is 0 Å². The van der Waals surface area contributed by atoms with Crippen LogP contribution in [0.1, 0.15) is 0 Å². The van der Waals surface area contributed by atoms with E-state index >= 15 is 0 Å². The number of nitrogens with zero attached hydrogens (tertiary/aromatic N) is 4. The number of fused-ring (bicyclic) bond motifs is 9. The van der Waals surface area contributed by atoms with Gasteiger partial charge in [0.25, 0.3) is 0 Å². The topological polar surface area (TPSA) is 43.6 Å². The molecule has 10 aromatic carbocycles. The van der Waals surface area contributed by atoms with E-state index in [1.807, 2.05) is 36.4 Å². The van der Waals surface area contributed by atoms with Crippen molar-refractivity contribution in [3.63, 3.8) is 0 Å². The Bertz CT molecular complexity index is 3460. The molecule has 4 heteroatoms. The first-order valence-corrected chi connectivity index (χ1v) is 20.7. The summed E-state index contributed by atoms with van der Waals surface area (Å²) >= 11 is 0. The molecule has 0 aliphatic rings. The van der Waals surface area contributed by atoms with Gasteiger partial charge in [-0.2, -0.15) is 0 Å². The lowest BCUT2D eigenvalue weighted by molar-refractivity contribution is 1.07. The number of hydrogen-bond donors (Lipinski definition) is 0. The van der Waals surface area contributed by atoms with E-state index in [2.05, 4.69) is 187 Å². The smallest absolute Gasteiger partial charge is 0.164 e. The normalized spacial score (nSPS) is 11.6. The predicted octanol–water partition coefficient (Wildman–Crippen LogP) is 14.8. The fourth-order valence-corrected chi connectivity index (χ4v) is 9.15. The molecule has 12 rings (SSSR count). The fraction of sp³-hybridized carbons (Fsp3) is 0. The van der Waals surface area contributed by atoms with E-state index in [0.29, 0.717) is 17.5 Å². The Labute approximate surface area is 352 Å². The first-order valence-electron chi connectivity index (χ1n) is 20.7. The minimum atomic E-state index is 0.615. The zero-order valence-corrected chi connectivity index (χ0v) is 33.1. The molecule has 0 unspecified atom stereocenters. The summed E-state index contributed by atoms with van der Waals surface area (Å²) in [5.74, 6) is 1.88. The van der Waals surface area contributed by atoms with Crippen LogP contribution in [0.3, 0.4) is 0 Å². The van der Waals surface area contributed by atoms with Crippen molar-refractivity contribution in [2.24, 2.45) is 0 Å². The summed E-state index contributed by atoms with van der Waals surface area (Å²) in [5.41, 5.74) is 10.8. The maximum atomic E-state index is 5.27. The highest BCUT2D eigenvalue weighted by molar-refractivity contribution is 6.28. The standard InChI is InChI=1S/C57H36N4/c1-5-17-37(18-6-1)41-29-31-47-48-32-30-42(38-19-7-2-8-20-38)35-52(48)61(51(47)34-41)53-36-43(33-50-46-27-14-13-25-44(46)45-26-15-16-28-49(45)54(50)53)57-59-55(39-21-9-3-10-22-39)58-56(60-57)40-23-11-4-12-24-40/h1-36H. The quantitative estimate of drug-likeness (QED) is 0.158. The largest absolute Gasteiger partial charge is 0.309 e. The molecule has 0 saturated carbocycles.